The molecule has 2 nitrogen and oxygen atoms in total. The predicted molar refractivity (Wildman–Crippen MR) is 70.4 cm³/mol. The molecular weight excluding hydrogens is 242 g/mol. The smallest absolute Gasteiger partial charge is 0.268 e. The standard InChI is InChI=1S/C12H8ClNOS/c1-14-11(15)6-5-9-7-8-3-2-4-10(13)12(8)16-9/h2-7H,1H2/b6-5+. The zero-order valence-corrected chi connectivity index (χ0v) is 9.89. The van der Waals surface area contributed by atoms with Crippen LogP contribution in [0.25, 0.3) is 16.2 Å². The second-order valence-electron chi connectivity index (χ2n) is 3.14. The first-order valence-electron chi connectivity index (χ1n) is 4.57. The van der Waals surface area contributed by atoms with E-state index < -0.39 is 0 Å². The molecule has 4 heteroatoms. The fraction of sp³-hybridized carbons (Fsp3) is 0. The molecule has 0 aliphatic carbocycles. The normalized spacial score (nSPS) is 11.1. The van der Waals surface area contributed by atoms with E-state index in [1.807, 2.05) is 24.3 Å². The van der Waals surface area contributed by atoms with Crippen molar-refractivity contribution in [2.45, 2.75) is 0 Å². The Morgan fingerprint density at radius 2 is 2.31 bits per heavy atom. The topological polar surface area (TPSA) is 29.4 Å². The van der Waals surface area contributed by atoms with Crippen molar-refractivity contribution in [1.29, 1.82) is 0 Å². The molecular formula is C12H8ClNOS. The van der Waals surface area contributed by atoms with Crippen LogP contribution in [0.3, 0.4) is 0 Å². The van der Waals surface area contributed by atoms with E-state index in [1.54, 1.807) is 17.4 Å². The first kappa shape index (κ1) is 11.0. The summed E-state index contributed by atoms with van der Waals surface area (Å²) in [6.45, 7) is 3.16. The van der Waals surface area contributed by atoms with E-state index in [1.165, 1.54) is 6.08 Å². The first-order valence-corrected chi connectivity index (χ1v) is 5.77. The molecule has 1 heterocycles. The molecule has 16 heavy (non-hydrogen) atoms. The molecule has 80 valence electrons. The molecule has 0 fully saturated rings. The number of hydrogen-bond donors (Lipinski definition) is 0. The Bertz CT molecular complexity index is 586. The van der Waals surface area contributed by atoms with Crippen molar-refractivity contribution in [3.63, 3.8) is 0 Å². The van der Waals surface area contributed by atoms with Crippen molar-refractivity contribution in [3.8, 4) is 0 Å². The molecule has 0 aliphatic rings. The Balaban J connectivity index is 2.40. The average Bonchev–Trinajstić information content (AvgIpc) is 2.70. The molecule has 1 aromatic heterocycles. The Morgan fingerprint density at radius 3 is 3.00 bits per heavy atom. The van der Waals surface area contributed by atoms with Crippen LogP contribution in [0.5, 0.6) is 0 Å². The lowest BCUT2D eigenvalue weighted by Crippen LogP contribution is -1.81. The lowest BCUT2D eigenvalue weighted by atomic mass is 10.2. The van der Waals surface area contributed by atoms with Gasteiger partial charge < -0.3 is 0 Å². The van der Waals surface area contributed by atoms with Crippen LogP contribution in [0.4, 0.5) is 0 Å². The van der Waals surface area contributed by atoms with Gasteiger partial charge in [0.25, 0.3) is 5.91 Å². The first-order chi connectivity index (χ1) is 7.70. The molecule has 0 saturated heterocycles. The van der Waals surface area contributed by atoms with Gasteiger partial charge in [-0.25, -0.2) is 4.99 Å². The summed E-state index contributed by atoms with van der Waals surface area (Å²) in [6, 6.07) is 7.73. The monoisotopic (exact) mass is 249 g/mol. The number of amides is 1. The maximum absolute atomic E-state index is 10.9. The second kappa shape index (κ2) is 4.60. The Kier molecular flexibility index (Phi) is 3.17. The van der Waals surface area contributed by atoms with Gasteiger partial charge in [0.15, 0.2) is 0 Å². The number of rotatable bonds is 2. The van der Waals surface area contributed by atoms with Gasteiger partial charge >= 0.3 is 0 Å². The maximum atomic E-state index is 10.9. The van der Waals surface area contributed by atoms with Gasteiger partial charge in [-0.1, -0.05) is 23.7 Å². The maximum Gasteiger partial charge on any atom is 0.269 e. The van der Waals surface area contributed by atoms with Crippen molar-refractivity contribution < 1.29 is 4.79 Å². The van der Waals surface area contributed by atoms with Gasteiger partial charge in [-0.3, -0.25) is 4.79 Å². The lowest BCUT2D eigenvalue weighted by Gasteiger charge is -1.89. The number of hydrogen-bond acceptors (Lipinski definition) is 2. The minimum Gasteiger partial charge on any atom is -0.268 e. The Labute approximate surface area is 102 Å². The molecule has 1 amide bonds. The Hall–Kier alpha value is -1.45. The van der Waals surface area contributed by atoms with Crippen molar-refractivity contribution in [2.24, 2.45) is 4.99 Å². The molecule has 2 rings (SSSR count). The fourth-order valence-corrected chi connectivity index (χ4v) is 2.60. The van der Waals surface area contributed by atoms with E-state index in [9.17, 15) is 4.79 Å². The van der Waals surface area contributed by atoms with Crippen LogP contribution in [0.2, 0.25) is 5.02 Å². The molecule has 2 aromatic rings. The van der Waals surface area contributed by atoms with E-state index in [4.69, 9.17) is 11.6 Å². The number of benzene rings is 1. The summed E-state index contributed by atoms with van der Waals surface area (Å²) in [5.41, 5.74) is 0. The van der Waals surface area contributed by atoms with E-state index in [-0.39, 0.29) is 5.91 Å². The highest BCUT2D eigenvalue weighted by Crippen LogP contribution is 2.32. The van der Waals surface area contributed by atoms with Crippen LogP contribution in [0.15, 0.2) is 35.3 Å². The Morgan fingerprint density at radius 1 is 1.50 bits per heavy atom. The molecule has 0 radical (unpaired) electrons. The van der Waals surface area contributed by atoms with Crippen molar-refractivity contribution in [1.82, 2.24) is 0 Å². The number of halogens is 1. The van der Waals surface area contributed by atoms with Gasteiger partial charge in [0.05, 0.1) is 9.72 Å². The predicted octanol–water partition coefficient (Wildman–Crippen LogP) is 3.80. The molecule has 0 atom stereocenters. The lowest BCUT2D eigenvalue weighted by molar-refractivity contribution is -0.113. The molecule has 0 spiro atoms. The van der Waals surface area contributed by atoms with Crippen molar-refractivity contribution in [3.05, 3.63) is 40.2 Å². The number of carbonyl (C=O) groups excluding carboxylic acids is 1. The quantitative estimate of drug-likeness (QED) is 0.588. The summed E-state index contributed by atoms with van der Waals surface area (Å²) in [6.07, 6.45) is 3.11. The van der Waals surface area contributed by atoms with E-state index in [0.717, 1.165) is 20.0 Å². The van der Waals surface area contributed by atoms with Crippen LogP contribution in [-0.2, 0) is 4.79 Å². The second-order valence-corrected chi connectivity index (χ2v) is 4.63. The molecule has 0 bridgehead atoms. The van der Waals surface area contributed by atoms with E-state index in [2.05, 4.69) is 11.7 Å². The fourth-order valence-electron chi connectivity index (χ4n) is 1.34. The van der Waals surface area contributed by atoms with Gasteiger partial charge in [-0.2, -0.15) is 0 Å². The summed E-state index contributed by atoms with van der Waals surface area (Å²) < 4.78 is 1.03. The molecule has 1 aromatic carbocycles. The highest BCUT2D eigenvalue weighted by Gasteiger charge is 2.02. The summed E-state index contributed by atoms with van der Waals surface area (Å²) in [4.78, 5) is 15.2. The van der Waals surface area contributed by atoms with Crippen LogP contribution < -0.4 is 0 Å². The number of fused-ring (bicyclic) bond motifs is 1. The number of thiophene rings is 1. The van der Waals surface area contributed by atoms with Gasteiger partial charge in [-0.15, -0.1) is 11.3 Å². The minimum absolute atomic E-state index is 0.344. The van der Waals surface area contributed by atoms with Crippen molar-refractivity contribution >= 4 is 51.7 Å². The summed E-state index contributed by atoms with van der Waals surface area (Å²) in [5.74, 6) is -0.344. The third-order valence-corrected chi connectivity index (χ3v) is 3.64. The minimum atomic E-state index is -0.344. The molecule has 0 aliphatic heterocycles. The summed E-state index contributed by atoms with van der Waals surface area (Å²) >= 11 is 7.59. The van der Waals surface area contributed by atoms with Crippen LogP contribution >= 0.6 is 22.9 Å². The van der Waals surface area contributed by atoms with Crippen LogP contribution in [0.1, 0.15) is 4.88 Å². The number of nitrogens with zero attached hydrogens (tertiary/aromatic N) is 1. The highest BCUT2D eigenvalue weighted by atomic mass is 35.5. The number of carbonyl (C=O) groups is 1. The average molecular weight is 250 g/mol. The SMILES string of the molecule is C=NC(=O)/C=C/c1cc2cccc(Cl)c2s1. The van der Waals surface area contributed by atoms with Gasteiger partial charge in [0, 0.05) is 11.0 Å². The zero-order valence-electron chi connectivity index (χ0n) is 8.31. The summed E-state index contributed by atoms with van der Waals surface area (Å²) in [7, 11) is 0. The highest BCUT2D eigenvalue weighted by molar-refractivity contribution is 7.20. The van der Waals surface area contributed by atoms with Crippen molar-refractivity contribution in [2.75, 3.05) is 0 Å². The van der Waals surface area contributed by atoms with Crippen LogP contribution in [0, 0.1) is 0 Å². The van der Waals surface area contributed by atoms with Crippen LogP contribution in [-0.4, -0.2) is 12.6 Å². The molecule has 0 saturated carbocycles. The van der Waals surface area contributed by atoms with E-state index in [0.29, 0.717) is 0 Å². The molecule has 0 N–H and O–H groups in total. The van der Waals surface area contributed by atoms with Gasteiger partial charge in [0.2, 0.25) is 0 Å². The number of aliphatic imine (C=N–C) groups is 1. The largest absolute Gasteiger partial charge is 0.269 e. The van der Waals surface area contributed by atoms with E-state index >= 15 is 0 Å². The molecule has 0 unspecified atom stereocenters. The van der Waals surface area contributed by atoms with Gasteiger partial charge in [0.1, 0.15) is 0 Å². The zero-order chi connectivity index (χ0) is 11.5. The van der Waals surface area contributed by atoms with Gasteiger partial charge in [-0.05, 0) is 30.3 Å². The third kappa shape index (κ3) is 2.21. The summed E-state index contributed by atoms with van der Waals surface area (Å²) in [5, 5.41) is 1.81. The third-order valence-electron chi connectivity index (χ3n) is 2.06.